The van der Waals surface area contributed by atoms with Gasteiger partial charge in [0, 0.05) is 49.1 Å². The lowest BCUT2D eigenvalue weighted by molar-refractivity contribution is 0.201. The van der Waals surface area contributed by atoms with E-state index in [1.165, 1.54) is 21.2 Å². The van der Waals surface area contributed by atoms with E-state index in [1.54, 1.807) is 18.4 Å². The Morgan fingerprint density at radius 3 is 2.92 bits per heavy atom. The summed E-state index contributed by atoms with van der Waals surface area (Å²) >= 11 is 9.36. The molecule has 0 atom stereocenters. The van der Waals surface area contributed by atoms with Crippen LogP contribution in [-0.4, -0.2) is 41.1 Å². The van der Waals surface area contributed by atoms with E-state index >= 15 is 0 Å². The zero-order valence-corrected chi connectivity index (χ0v) is 16.3. The molecule has 0 radical (unpaired) electrons. The fourth-order valence-corrected chi connectivity index (χ4v) is 5.13. The van der Waals surface area contributed by atoms with Crippen molar-refractivity contribution in [2.75, 3.05) is 31.7 Å². The van der Waals surface area contributed by atoms with Crippen LogP contribution >= 0.6 is 34.5 Å². The van der Waals surface area contributed by atoms with E-state index in [9.17, 15) is 0 Å². The SMILES string of the molecule is COCCc1nsc(N2CCC(c3nc4cc(Cl)ccc4s3)CC2)n1. The molecular formula is C17H19ClN4OS2. The van der Waals surface area contributed by atoms with Crippen LogP contribution in [0, 0.1) is 0 Å². The van der Waals surface area contributed by atoms with Gasteiger partial charge in [-0.2, -0.15) is 4.37 Å². The molecule has 0 spiro atoms. The van der Waals surface area contributed by atoms with Crippen molar-refractivity contribution in [3.8, 4) is 0 Å². The first-order chi connectivity index (χ1) is 12.2. The maximum absolute atomic E-state index is 6.07. The molecule has 1 aliphatic rings. The van der Waals surface area contributed by atoms with E-state index < -0.39 is 0 Å². The molecule has 1 fully saturated rings. The van der Waals surface area contributed by atoms with Crippen LogP contribution in [0.5, 0.6) is 0 Å². The lowest BCUT2D eigenvalue weighted by atomic mass is 9.98. The molecule has 25 heavy (non-hydrogen) atoms. The fraction of sp³-hybridized carbons (Fsp3) is 0.471. The molecule has 0 bridgehead atoms. The molecular weight excluding hydrogens is 376 g/mol. The second kappa shape index (κ2) is 7.53. The second-order valence-electron chi connectivity index (χ2n) is 6.16. The molecule has 4 rings (SSSR count). The van der Waals surface area contributed by atoms with Crippen molar-refractivity contribution >= 4 is 49.8 Å². The Kier molecular flexibility index (Phi) is 5.17. The summed E-state index contributed by atoms with van der Waals surface area (Å²) in [6.45, 7) is 2.67. The van der Waals surface area contributed by atoms with Gasteiger partial charge in [-0.05, 0) is 31.0 Å². The number of methoxy groups -OCH3 is 1. The van der Waals surface area contributed by atoms with Gasteiger partial charge in [-0.15, -0.1) is 11.3 Å². The Balaban J connectivity index is 1.41. The molecule has 0 amide bonds. The summed E-state index contributed by atoms with van der Waals surface area (Å²) < 4.78 is 10.7. The monoisotopic (exact) mass is 394 g/mol. The van der Waals surface area contributed by atoms with Crippen LogP contribution in [-0.2, 0) is 11.2 Å². The van der Waals surface area contributed by atoms with Crippen LogP contribution in [0.2, 0.25) is 5.02 Å². The van der Waals surface area contributed by atoms with Crippen molar-refractivity contribution in [2.24, 2.45) is 0 Å². The molecule has 3 heterocycles. The Bertz CT molecular complexity index is 857. The maximum Gasteiger partial charge on any atom is 0.205 e. The molecule has 0 N–H and O–H groups in total. The second-order valence-corrected chi connectivity index (χ2v) is 8.39. The van der Waals surface area contributed by atoms with Gasteiger partial charge < -0.3 is 9.64 Å². The smallest absolute Gasteiger partial charge is 0.205 e. The minimum absolute atomic E-state index is 0.522. The van der Waals surface area contributed by atoms with E-state index in [0.29, 0.717) is 12.5 Å². The Hall–Kier alpha value is -1.28. The molecule has 132 valence electrons. The average Bonchev–Trinajstić information content (AvgIpc) is 3.26. The highest BCUT2D eigenvalue weighted by Gasteiger charge is 2.25. The predicted molar refractivity (Wildman–Crippen MR) is 104 cm³/mol. The number of hydrogen-bond donors (Lipinski definition) is 0. The van der Waals surface area contributed by atoms with Crippen molar-refractivity contribution in [3.05, 3.63) is 34.1 Å². The number of thiazole rings is 1. The number of halogens is 1. The van der Waals surface area contributed by atoms with Crippen molar-refractivity contribution in [1.29, 1.82) is 0 Å². The number of nitrogens with zero attached hydrogens (tertiary/aromatic N) is 4. The maximum atomic E-state index is 6.07. The number of hydrogen-bond acceptors (Lipinski definition) is 7. The van der Waals surface area contributed by atoms with Gasteiger partial charge in [0.25, 0.3) is 0 Å². The zero-order valence-electron chi connectivity index (χ0n) is 13.9. The van der Waals surface area contributed by atoms with Crippen molar-refractivity contribution < 1.29 is 4.74 Å². The summed E-state index contributed by atoms with van der Waals surface area (Å²) in [6, 6.07) is 5.95. The number of rotatable bonds is 5. The number of ether oxygens (including phenoxy) is 1. The highest BCUT2D eigenvalue weighted by molar-refractivity contribution is 7.18. The molecule has 0 unspecified atom stereocenters. The lowest BCUT2D eigenvalue weighted by Crippen LogP contribution is -2.32. The van der Waals surface area contributed by atoms with Gasteiger partial charge >= 0.3 is 0 Å². The highest BCUT2D eigenvalue weighted by Crippen LogP contribution is 2.36. The first-order valence-electron chi connectivity index (χ1n) is 8.35. The van der Waals surface area contributed by atoms with E-state index in [2.05, 4.69) is 20.3 Å². The Morgan fingerprint density at radius 2 is 2.12 bits per heavy atom. The summed E-state index contributed by atoms with van der Waals surface area (Å²) in [6.07, 6.45) is 2.97. The molecule has 3 aromatic rings. The quantitative estimate of drug-likeness (QED) is 0.643. The normalized spacial score (nSPS) is 16.0. The van der Waals surface area contributed by atoms with Gasteiger partial charge in [-0.3, -0.25) is 0 Å². The summed E-state index contributed by atoms with van der Waals surface area (Å²) in [5.41, 5.74) is 1.02. The third-order valence-electron chi connectivity index (χ3n) is 4.47. The van der Waals surface area contributed by atoms with Crippen LogP contribution in [0.25, 0.3) is 10.2 Å². The molecule has 1 aromatic carbocycles. The van der Waals surface area contributed by atoms with Crippen LogP contribution in [0.1, 0.15) is 29.6 Å². The largest absolute Gasteiger partial charge is 0.384 e. The third-order valence-corrected chi connectivity index (χ3v) is 6.72. The van der Waals surface area contributed by atoms with Gasteiger partial charge in [0.15, 0.2) is 0 Å². The number of anilines is 1. The molecule has 0 saturated carbocycles. The van der Waals surface area contributed by atoms with Gasteiger partial charge in [-0.25, -0.2) is 9.97 Å². The van der Waals surface area contributed by atoms with Crippen molar-refractivity contribution in [1.82, 2.24) is 14.3 Å². The van der Waals surface area contributed by atoms with Crippen molar-refractivity contribution in [3.63, 3.8) is 0 Å². The van der Waals surface area contributed by atoms with Crippen LogP contribution in [0.4, 0.5) is 5.13 Å². The van der Waals surface area contributed by atoms with Crippen LogP contribution in [0.15, 0.2) is 18.2 Å². The molecule has 0 aliphatic carbocycles. The predicted octanol–water partition coefficient (Wildman–Crippen LogP) is 4.37. The molecule has 1 aliphatic heterocycles. The van der Waals surface area contributed by atoms with Crippen LogP contribution in [0.3, 0.4) is 0 Å². The van der Waals surface area contributed by atoms with Gasteiger partial charge in [0.05, 0.1) is 21.8 Å². The minimum atomic E-state index is 0.522. The van der Waals surface area contributed by atoms with Gasteiger partial charge in [-0.1, -0.05) is 11.6 Å². The van der Waals surface area contributed by atoms with E-state index in [1.807, 2.05) is 12.1 Å². The Morgan fingerprint density at radius 1 is 1.28 bits per heavy atom. The summed E-state index contributed by atoms with van der Waals surface area (Å²) in [5.74, 6) is 1.40. The van der Waals surface area contributed by atoms with E-state index in [4.69, 9.17) is 21.3 Å². The summed E-state index contributed by atoms with van der Waals surface area (Å²) in [5, 5.41) is 3.01. The number of benzene rings is 1. The molecule has 8 heteroatoms. The topological polar surface area (TPSA) is 51.1 Å². The lowest BCUT2D eigenvalue weighted by Gasteiger charge is -2.30. The third kappa shape index (κ3) is 3.79. The first kappa shape index (κ1) is 17.1. The van der Waals surface area contributed by atoms with Crippen LogP contribution < -0.4 is 4.90 Å². The summed E-state index contributed by atoms with van der Waals surface area (Å²) in [4.78, 5) is 11.8. The fourth-order valence-electron chi connectivity index (χ4n) is 3.08. The number of aromatic nitrogens is 3. The van der Waals surface area contributed by atoms with Crippen molar-refractivity contribution in [2.45, 2.75) is 25.2 Å². The van der Waals surface area contributed by atoms with E-state index in [0.717, 1.165) is 53.8 Å². The van der Waals surface area contributed by atoms with E-state index in [-0.39, 0.29) is 0 Å². The number of piperidine rings is 1. The summed E-state index contributed by atoms with van der Waals surface area (Å²) in [7, 11) is 1.70. The first-order valence-corrected chi connectivity index (χ1v) is 10.3. The Labute approximate surface area is 159 Å². The molecule has 1 saturated heterocycles. The minimum Gasteiger partial charge on any atom is -0.384 e. The zero-order chi connectivity index (χ0) is 17.2. The van der Waals surface area contributed by atoms with Gasteiger partial charge in [0.2, 0.25) is 5.13 Å². The van der Waals surface area contributed by atoms with Gasteiger partial charge in [0.1, 0.15) is 5.82 Å². The highest BCUT2D eigenvalue weighted by atomic mass is 35.5. The molecule has 2 aromatic heterocycles. The number of fused-ring (bicyclic) bond motifs is 1. The standard InChI is InChI=1S/C17H19ClN4OS2/c1-23-9-6-15-20-17(25-21-15)22-7-4-11(5-8-22)16-19-13-10-12(18)2-3-14(13)24-16/h2-3,10-11H,4-9H2,1H3. The molecule has 5 nitrogen and oxygen atoms in total. The average molecular weight is 395 g/mol.